The zero-order valence-electron chi connectivity index (χ0n) is 17.3. The zero-order valence-corrected chi connectivity index (χ0v) is 17.3. The minimum Gasteiger partial charge on any atom is -0.444 e. The molecule has 2 aromatic rings. The molecule has 1 aliphatic heterocycles. The number of aromatic nitrogens is 4. The normalized spacial score (nSPS) is 16.0. The Morgan fingerprint density at radius 2 is 2.17 bits per heavy atom. The van der Waals surface area contributed by atoms with Gasteiger partial charge in [0.15, 0.2) is 0 Å². The first-order valence-electron chi connectivity index (χ1n) is 9.31. The minimum atomic E-state index is -0.543. The smallest absolute Gasteiger partial charge is 0.410 e. The highest BCUT2D eigenvalue weighted by Crippen LogP contribution is 2.35. The number of carbonyl (C=O) groups is 1. The maximum atomic E-state index is 12.6. The van der Waals surface area contributed by atoms with Gasteiger partial charge >= 0.3 is 6.09 Å². The van der Waals surface area contributed by atoms with Gasteiger partial charge in [0.2, 0.25) is 5.82 Å². The van der Waals surface area contributed by atoms with Crippen molar-refractivity contribution in [3.63, 3.8) is 0 Å². The summed E-state index contributed by atoms with van der Waals surface area (Å²) >= 11 is 0. The van der Waals surface area contributed by atoms with Gasteiger partial charge in [-0.25, -0.2) is 4.79 Å². The van der Waals surface area contributed by atoms with Gasteiger partial charge < -0.3 is 15.0 Å². The summed E-state index contributed by atoms with van der Waals surface area (Å²) in [6.45, 7) is 10.8. The lowest BCUT2D eigenvalue weighted by Gasteiger charge is -2.40. The van der Waals surface area contributed by atoms with E-state index in [2.05, 4.69) is 45.9 Å². The van der Waals surface area contributed by atoms with Crippen LogP contribution in [0, 0.1) is 11.3 Å². The Morgan fingerprint density at radius 3 is 2.79 bits per heavy atom. The van der Waals surface area contributed by atoms with Crippen molar-refractivity contribution in [1.29, 1.82) is 5.26 Å². The molecule has 2 N–H and O–H groups in total. The Bertz CT molecular complexity index is 966. The number of ether oxygens (including phenoxy) is 1. The summed E-state index contributed by atoms with van der Waals surface area (Å²) in [5.41, 5.74) is 2.52. The number of carbonyl (C=O) groups excluding carboxylic acids is 1. The van der Waals surface area contributed by atoms with Gasteiger partial charge in [-0.1, -0.05) is 19.9 Å². The number of anilines is 1. The van der Waals surface area contributed by atoms with Crippen LogP contribution < -0.4 is 5.32 Å². The molecule has 0 atom stereocenters. The molecule has 2 heterocycles. The second-order valence-corrected chi connectivity index (χ2v) is 8.64. The first kappa shape index (κ1) is 20.3. The van der Waals surface area contributed by atoms with Crippen molar-refractivity contribution >= 4 is 17.4 Å². The molecule has 3 rings (SSSR count). The van der Waals surface area contributed by atoms with Gasteiger partial charge in [0, 0.05) is 30.4 Å². The number of fused-ring (bicyclic) bond motifs is 1. The SMILES string of the molecule is CC(C)(C)OC(=O)N1Cc2cc(NC=C(C#N)c3nn[nH]n3)ccc2C(C)(C)C1. The van der Waals surface area contributed by atoms with E-state index in [0.717, 1.165) is 11.3 Å². The Kier molecular flexibility index (Phi) is 5.29. The van der Waals surface area contributed by atoms with Crippen molar-refractivity contribution in [2.24, 2.45) is 0 Å². The summed E-state index contributed by atoms with van der Waals surface area (Å²) in [4.78, 5) is 14.3. The predicted molar refractivity (Wildman–Crippen MR) is 108 cm³/mol. The summed E-state index contributed by atoms with van der Waals surface area (Å²) in [7, 11) is 0. The van der Waals surface area contributed by atoms with Crippen LogP contribution in [-0.2, 0) is 16.7 Å². The van der Waals surface area contributed by atoms with Gasteiger partial charge in [-0.15, -0.1) is 10.2 Å². The molecule has 9 heteroatoms. The summed E-state index contributed by atoms with van der Waals surface area (Å²) in [6.07, 6.45) is 1.21. The summed E-state index contributed by atoms with van der Waals surface area (Å²) < 4.78 is 5.55. The highest BCUT2D eigenvalue weighted by Gasteiger charge is 2.35. The van der Waals surface area contributed by atoms with Gasteiger partial charge in [0.05, 0.1) is 0 Å². The van der Waals surface area contributed by atoms with Crippen molar-refractivity contribution in [3.05, 3.63) is 41.4 Å². The average Bonchev–Trinajstić information content (AvgIpc) is 3.14. The third-order valence-corrected chi connectivity index (χ3v) is 4.52. The second-order valence-electron chi connectivity index (χ2n) is 8.64. The van der Waals surface area contributed by atoms with Crippen LogP contribution in [0.2, 0.25) is 0 Å². The molecule has 0 bridgehead atoms. The third-order valence-electron chi connectivity index (χ3n) is 4.52. The predicted octanol–water partition coefficient (Wildman–Crippen LogP) is 3.20. The van der Waals surface area contributed by atoms with Gasteiger partial charge in [-0.05, 0) is 49.2 Å². The van der Waals surface area contributed by atoms with Gasteiger partial charge in [0.25, 0.3) is 0 Å². The highest BCUT2D eigenvalue weighted by atomic mass is 16.6. The van der Waals surface area contributed by atoms with Gasteiger partial charge in [0.1, 0.15) is 17.2 Å². The lowest BCUT2D eigenvalue weighted by atomic mass is 9.78. The number of nitriles is 1. The monoisotopic (exact) mass is 395 g/mol. The van der Waals surface area contributed by atoms with E-state index in [0.29, 0.717) is 13.1 Å². The van der Waals surface area contributed by atoms with Crippen molar-refractivity contribution < 1.29 is 9.53 Å². The summed E-state index contributed by atoms with van der Waals surface area (Å²) in [5.74, 6) is 0.218. The maximum absolute atomic E-state index is 12.6. The van der Waals surface area contributed by atoms with Gasteiger partial charge in [-0.2, -0.15) is 10.5 Å². The van der Waals surface area contributed by atoms with Crippen LogP contribution in [-0.4, -0.2) is 43.8 Å². The van der Waals surface area contributed by atoms with E-state index < -0.39 is 5.60 Å². The zero-order chi connectivity index (χ0) is 21.2. The highest BCUT2D eigenvalue weighted by molar-refractivity contribution is 5.74. The first-order chi connectivity index (χ1) is 13.6. The number of allylic oxidation sites excluding steroid dienone is 1. The Balaban J connectivity index is 1.83. The van der Waals surface area contributed by atoms with Crippen LogP contribution >= 0.6 is 0 Å². The molecule has 1 amide bonds. The Labute approximate surface area is 169 Å². The molecule has 29 heavy (non-hydrogen) atoms. The average molecular weight is 395 g/mol. The number of aromatic amines is 1. The van der Waals surface area contributed by atoms with Crippen molar-refractivity contribution in [1.82, 2.24) is 25.5 Å². The fourth-order valence-corrected chi connectivity index (χ4v) is 3.33. The molecule has 0 radical (unpaired) electrons. The number of amides is 1. The lowest BCUT2D eigenvalue weighted by Crippen LogP contribution is -2.46. The molecular weight excluding hydrogens is 370 g/mol. The maximum Gasteiger partial charge on any atom is 0.410 e. The van der Waals surface area contributed by atoms with E-state index in [1.165, 1.54) is 11.8 Å². The second kappa shape index (κ2) is 7.54. The van der Waals surface area contributed by atoms with Crippen molar-refractivity contribution in [2.45, 2.75) is 52.2 Å². The number of rotatable bonds is 3. The number of nitrogens with one attached hydrogen (secondary N) is 2. The van der Waals surface area contributed by atoms with E-state index in [1.807, 2.05) is 39.0 Å². The standard InChI is InChI=1S/C20H25N7O2/c1-19(2,3)29-18(28)27-11-13-8-15(6-7-16(13)20(4,5)12-27)22-10-14(9-21)17-23-25-26-24-17/h6-8,10,22H,11-12H2,1-5H3,(H,23,24,25,26). The topological polar surface area (TPSA) is 120 Å². The van der Waals surface area contributed by atoms with Crippen molar-refractivity contribution in [3.8, 4) is 6.07 Å². The fourth-order valence-electron chi connectivity index (χ4n) is 3.33. The number of benzene rings is 1. The third kappa shape index (κ3) is 4.71. The van der Waals surface area contributed by atoms with E-state index in [1.54, 1.807) is 4.90 Å². The molecule has 1 aromatic heterocycles. The number of hydrogen-bond donors (Lipinski definition) is 2. The Hall–Kier alpha value is -3.41. The molecule has 0 saturated carbocycles. The largest absolute Gasteiger partial charge is 0.444 e. The number of hydrogen-bond acceptors (Lipinski definition) is 7. The molecule has 0 unspecified atom stereocenters. The fraction of sp³-hybridized carbons (Fsp3) is 0.450. The molecule has 0 aliphatic carbocycles. The number of H-pyrrole nitrogens is 1. The van der Waals surface area contributed by atoms with E-state index in [4.69, 9.17) is 4.74 Å². The minimum absolute atomic E-state index is 0.207. The number of nitrogens with zero attached hydrogens (tertiary/aromatic N) is 5. The lowest BCUT2D eigenvalue weighted by molar-refractivity contribution is 0.0174. The van der Waals surface area contributed by atoms with E-state index in [9.17, 15) is 10.1 Å². The van der Waals surface area contributed by atoms with Crippen LogP contribution in [0.25, 0.3) is 5.57 Å². The van der Waals surface area contributed by atoms with Crippen LogP contribution in [0.5, 0.6) is 0 Å². The molecule has 0 saturated heterocycles. The van der Waals surface area contributed by atoms with Crippen LogP contribution in [0.1, 0.15) is 51.6 Å². The van der Waals surface area contributed by atoms with Gasteiger partial charge in [-0.3, -0.25) is 0 Å². The Morgan fingerprint density at radius 1 is 1.41 bits per heavy atom. The van der Waals surface area contributed by atoms with Crippen LogP contribution in [0.4, 0.5) is 10.5 Å². The molecule has 9 nitrogen and oxygen atoms in total. The van der Waals surface area contributed by atoms with Crippen molar-refractivity contribution in [2.75, 3.05) is 11.9 Å². The van der Waals surface area contributed by atoms with Crippen LogP contribution in [0.3, 0.4) is 0 Å². The molecule has 152 valence electrons. The molecular formula is C20H25N7O2. The molecule has 0 fully saturated rings. The van der Waals surface area contributed by atoms with Crippen LogP contribution in [0.15, 0.2) is 24.4 Å². The summed E-state index contributed by atoms with van der Waals surface area (Å²) in [5, 5.41) is 25.8. The van der Waals surface area contributed by atoms with E-state index >= 15 is 0 Å². The summed E-state index contributed by atoms with van der Waals surface area (Å²) in [6, 6.07) is 8.02. The molecule has 0 spiro atoms. The molecule has 1 aromatic carbocycles. The molecule has 1 aliphatic rings. The quantitative estimate of drug-likeness (QED) is 0.766. The number of tetrazole rings is 1. The van der Waals surface area contributed by atoms with E-state index in [-0.39, 0.29) is 22.9 Å². The first-order valence-corrected chi connectivity index (χ1v) is 9.31.